The average Bonchev–Trinajstić information content (AvgIpc) is 2.87. The lowest BCUT2D eigenvalue weighted by Crippen LogP contribution is -2.69. The van der Waals surface area contributed by atoms with Crippen LogP contribution in [0.2, 0.25) is 5.02 Å². The molecule has 0 bridgehead atoms. The SMILES string of the molecule is O=C(N[C@]1(C(F)(F)F)NC(=O)N(c2ccc(Cl)cc2)C1=O)c1ccccc1. The number of amides is 4. The Labute approximate surface area is 155 Å². The first-order valence-corrected chi connectivity index (χ1v) is 7.90. The number of imide groups is 1. The van der Waals surface area contributed by atoms with Crippen molar-refractivity contribution in [3.05, 3.63) is 65.2 Å². The number of halogens is 4. The maximum atomic E-state index is 13.8. The van der Waals surface area contributed by atoms with E-state index in [1.54, 1.807) is 16.7 Å². The second-order valence-corrected chi connectivity index (χ2v) is 6.05. The first kappa shape index (κ1) is 18.7. The number of alkyl halides is 3. The summed E-state index contributed by atoms with van der Waals surface area (Å²) in [5.74, 6) is -2.84. The Kier molecular flexibility index (Phi) is 4.56. The zero-order chi connectivity index (χ0) is 19.8. The fourth-order valence-electron chi connectivity index (χ4n) is 2.53. The fourth-order valence-corrected chi connectivity index (χ4v) is 2.66. The molecule has 1 saturated heterocycles. The van der Waals surface area contributed by atoms with Gasteiger partial charge in [0, 0.05) is 10.6 Å². The summed E-state index contributed by atoms with van der Waals surface area (Å²) in [6, 6.07) is 10.7. The molecule has 0 saturated carbocycles. The highest BCUT2D eigenvalue weighted by Crippen LogP contribution is 2.36. The summed E-state index contributed by atoms with van der Waals surface area (Å²) in [7, 11) is 0. The molecule has 6 nitrogen and oxygen atoms in total. The van der Waals surface area contributed by atoms with E-state index in [-0.39, 0.29) is 16.3 Å². The van der Waals surface area contributed by atoms with Gasteiger partial charge in [0.1, 0.15) is 0 Å². The van der Waals surface area contributed by atoms with Crippen LogP contribution in [0.4, 0.5) is 23.7 Å². The van der Waals surface area contributed by atoms with E-state index in [9.17, 15) is 27.6 Å². The molecular formula is C17H11ClF3N3O3. The van der Waals surface area contributed by atoms with Gasteiger partial charge in [-0.2, -0.15) is 13.2 Å². The van der Waals surface area contributed by atoms with Crippen molar-refractivity contribution in [2.45, 2.75) is 11.8 Å². The van der Waals surface area contributed by atoms with Crippen LogP contribution in [-0.2, 0) is 4.79 Å². The highest BCUT2D eigenvalue weighted by molar-refractivity contribution is 6.31. The van der Waals surface area contributed by atoms with Crippen LogP contribution in [-0.4, -0.2) is 29.7 Å². The number of urea groups is 1. The Bertz CT molecular complexity index is 903. The molecule has 1 fully saturated rings. The van der Waals surface area contributed by atoms with Crippen LogP contribution in [0.1, 0.15) is 10.4 Å². The van der Waals surface area contributed by atoms with Crippen molar-refractivity contribution in [3.63, 3.8) is 0 Å². The van der Waals surface area contributed by atoms with E-state index in [1.807, 2.05) is 0 Å². The Morgan fingerprint density at radius 1 is 1.04 bits per heavy atom. The standard InChI is InChI=1S/C17H11ClF3N3O3/c18-11-6-8-12(9-7-11)24-14(26)16(17(19,20)21,23-15(24)27)22-13(25)10-4-2-1-3-5-10/h1-9H,(H,22,25)(H,23,27)/t16-/m0/s1. The molecule has 0 aliphatic carbocycles. The van der Waals surface area contributed by atoms with Gasteiger partial charge in [0.25, 0.3) is 17.5 Å². The van der Waals surface area contributed by atoms with Crippen molar-refractivity contribution in [2.75, 3.05) is 4.90 Å². The zero-order valence-corrected chi connectivity index (χ0v) is 14.1. The number of carbonyl (C=O) groups excluding carboxylic acids is 3. The molecule has 0 unspecified atom stereocenters. The van der Waals surface area contributed by atoms with Gasteiger partial charge in [0.15, 0.2) is 0 Å². The first-order chi connectivity index (χ1) is 12.7. The van der Waals surface area contributed by atoms with Gasteiger partial charge in [-0.1, -0.05) is 29.8 Å². The molecule has 0 spiro atoms. The third-order valence-electron chi connectivity index (χ3n) is 3.87. The molecular weight excluding hydrogens is 387 g/mol. The van der Waals surface area contributed by atoms with E-state index < -0.39 is 29.7 Å². The Morgan fingerprint density at radius 3 is 2.19 bits per heavy atom. The van der Waals surface area contributed by atoms with Gasteiger partial charge in [-0.05, 0) is 36.4 Å². The molecule has 0 aromatic heterocycles. The van der Waals surface area contributed by atoms with Crippen molar-refractivity contribution < 1.29 is 27.6 Å². The summed E-state index contributed by atoms with van der Waals surface area (Å²) in [5.41, 5.74) is -3.81. The molecule has 0 radical (unpaired) electrons. The van der Waals surface area contributed by atoms with Gasteiger partial charge in [0.2, 0.25) is 0 Å². The third kappa shape index (κ3) is 3.21. The van der Waals surface area contributed by atoms with E-state index in [2.05, 4.69) is 0 Å². The number of carbonyl (C=O) groups is 3. The summed E-state index contributed by atoms with van der Waals surface area (Å²) in [6.07, 6.45) is -5.29. The predicted octanol–water partition coefficient (Wildman–Crippen LogP) is 3.08. The molecule has 1 atom stereocenters. The van der Waals surface area contributed by atoms with E-state index in [0.717, 1.165) is 0 Å². The van der Waals surface area contributed by atoms with Gasteiger partial charge in [0.05, 0.1) is 5.69 Å². The topological polar surface area (TPSA) is 78.5 Å². The normalized spacial score (nSPS) is 19.8. The molecule has 2 aromatic rings. The number of nitrogens with one attached hydrogen (secondary N) is 2. The minimum atomic E-state index is -5.29. The minimum Gasteiger partial charge on any atom is -0.314 e. The molecule has 3 rings (SSSR count). The second kappa shape index (κ2) is 6.58. The smallest absolute Gasteiger partial charge is 0.314 e. The highest BCUT2D eigenvalue weighted by atomic mass is 35.5. The van der Waals surface area contributed by atoms with Crippen molar-refractivity contribution in [1.82, 2.24) is 10.6 Å². The largest absolute Gasteiger partial charge is 0.440 e. The predicted molar refractivity (Wildman–Crippen MR) is 90.2 cm³/mol. The van der Waals surface area contributed by atoms with Crippen LogP contribution < -0.4 is 15.5 Å². The highest BCUT2D eigenvalue weighted by Gasteiger charge is 2.69. The van der Waals surface area contributed by atoms with Crippen LogP contribution in [0.3, 0.4) is 0 Å². The van der Waals surface area contributed by atoms with E-state index in [0.29, 0.717) is 4.90 Å². The van der Waals surface area contributed by atoms with Crippen LogP contribution in [0.15, 0.2) is 54.6 Å². The lowest BCUT2D eigenvalue weighted by molar-refractivity contribution is -0.197. The summed E-state index contributed by atoms with van der Waals surface area (Å²) >= 11 is 5.72. The summed E-state index contributed by atoms with van der Waals surface area (Å²) < 4.78 is 41.3. The summed E-state index contributed by atoms with van der Waals surface area (Å²) in [5, 5.41) is 3.46. The minimum absolute atomic E-state index is 0.104. The van der Waals surface area contributed by atoms with Crippen LogP contribution >= 0.6 is 11.6 Å². The van der Waals surface area contributed by atoms with Crippen LogP contribution in [0.25, 0.3) is 0 Å². The molecule has 2 aromatic carbocycles. The van der Waals surface area contributed by atoms with E-state index >= 15 is 0 Å². The molecule has 2 N–H and O–H groups in total. The lowest BCUT2D eigenvalue weighted by Gasteiger charge is -2.29. The molecule has 1 aliphatic heterocycles. The maximum absolute atomic E-state index is 13.8. The number of anilines is 1. The average molecular weight is 398 g/mol. The molecule has 27 heavy (non-hydrogen) atoms. The van der Waals surface area contributed by atoms with Gasteiger partial charge in [-0.25, -0.2) is 9.69 Å². The second-order valence-electron chi connectivity index (χ2n) is 5.62. The number of benzene rings is 2. The van der Waals surface area contributed by atoms with Gasteiger partial charge in [-0.15, -0.1) is 0 Å². The molecule has 4 amide bonds. The fraction of sp³-hybridized carbons (Fsp3) is 0.118. The monoisotopic (exact) mass is 397 g/mol. The van der Waals surface area contributed by atoms with Crippen LogP contribution in [0, 0.1) is 0 Å². The zero-order valence-electron chi connectivity index (χ0n) is 13.4. The summed E-state index contributed by atoms with van der Waals surface area (Å²) in [4.78, 5) is 37.3. The number of nitrogens with zero attached hydrogens (tertiary/aromatic N) is 1. The molecule has 1 heterocycles. The van der Waals surface area contributed by atoms with Crippen molar-refractivity contribution in [1.29, 1.82) is 0 Å². The number of hydrogen-bond acceptors (Lipinski definition) is 3. The number of rotatable bonds is 3. The summed E-state index contributed by atoms with van der Waals surface area (Å²) in [6.45, 7) is 0. The van der Waals surface area contributed by atoms with Gasteiger partial charge in [-0.3, -0.25) is 14.9 Å². The lowest BCUT2D eigenvalue weighted by atomic mass is 10.1. The quantitative estimate of drug-likeness (QED) is 0.781. The van der Waals surface area contributed by atoms with E-state index in [1.165, 1.54) is 48.5 Å². The molecule has 1 aliphatic rings. The third-order valence-corrected chi connectivity index (χ3v) is 4.12. The molecule has 140 valence electrons. The Morgan fingerprint density at radius 2 is 1.63 bits per heavy atom. The van der Waals surface area contributed by atoms with Crippen molar-refractivity contribution >= 4 is 35.1 Å². The Balaban J connectivity index is 2.00. The van der Waals surface area contributed by atoms with Crippen molar-refractivity contribution in [3.8, 4) is 0 Å². The number of hydrogen-bond donors (Lipinski definition) is 2. The molecule has 10 heteroatoms. The van der Waals surface area contributed by atoms with Gasteiger partial charge >= 0.3 is 12.2 Å². The van der Waals surface area contributed by atoms with Gasteiger partial charge < -0.3 is 5.32 Å². The maximum Gasteiger partial charge on any atom is 0.440 e. The van der Waals surface area contributed by atoms with Crippen molar-refractivity contribution in [2.24, 2.45) is 0 Å². The van der Waals surface area contributed by atoms with Crippen LogP contribution in [0.5, 0.6) is 0 Å². The van der Waals surface area contributed by atoms with E-state index in [4.69, 9.17) is 11.6 Å². The first-order valence-electron chi connectivity index (χ1n) is 7.52. The Hall–Kier alpha value is -3.07.